The molecule has 2 aromatic carbocycles. The summed E-state index contributed by atoms with van der Waals surface area (Å²) in [5.41, 5.74) is 0. The van der Waals surface area contributed by atoms with E-state index >= 15 is 0 Å². The third-order valence-electron chi connectivity index (χ3n) is 5.86. The average Bonchev–Trinajstić information content (AvgIpc) is 3.00. The Bertz CT molecular complexity index is 1090. The Morgan fingerprint density at radius 1 is 0.929 bits per heavy atom. The van der Waals surface area contributed by atoms with Gasteiger partial charge in [-0.3, -0.25) is 4.98 Å². The van der Waals surface area contributed by atoms with Crippen LogP contribution in [0.2, 0.25) is 0 Å². The van der Waals surface area contributed by atoms with Gasteiger partial charge in [-0.1, -0.05) is 30.3 Å². The lowest BCUT2D eigenvalue weighted by Crippen LogP contribution is -2.49. The molecular formula is C22H22N2O3S. The Labute approximate surface area is 165 Å². The summed E-state index contributed by atoms with van der Waals surface area (Å²) in [4.78, 5) is 4.48. The van der Waals surface area contributed by atoms with Gasteiger partial charge in [-0.25, -0.2) is 8.42 Å². The van der Waals surface area contributed by atoms with Crippen LogP contribution in [0, 0.1) is 0 Å². The minimum Gasteiger partial charge on any atom is -0.489 e. The second-order valence-electron chi connectivity index (χ2n) is 7.63. The smallest absolute Gasteiger partial charge is 0.243 e. The molecule has 1 aromatic heterocycles. The second kappa shape index (κ2) is 6.87. The fraction of sp³-hybridized carbons (Fsp3) is 0.318. The fourth-order valence-electron chi connectivity index (χ4n) is 4.63. The number of benzene rings is 2. The van der Waals surface area contributed by atoms with Crippen LogP contribution >= 0.6 is 0 Å². The first-order valence-electron chi connectivity index (χ1n) is 9.70. The third-order valence-corrected chi connectivity index (χ3v) is 7.86. The second-order valence-corrected chi connectivity index (χ2v) is 9.47. The molecule has 5 nitrogen and oxygen atoms in total. The van der Waals surface area contributed by atoms with Crippen LogP contribution in [0.4, 0.5) is 0 Å². The van der Waals surface area contributed by atoms with Crippen LogP contribution in [-0.4, -0.2) is 35.9 Å². The van der Waals surface area contributed by atoms with Gasteiger partial charge in [0.15, 0.2) is 0 Å². The topological polar surface area (TPSA) is 59.5 Å². The molecule has 3 heterocycles. The van der Waals surface area contributed by atoms with Crippen molar-refractivity contribution in [1.29, 1.82) is 0 Å². The van der Waals surface area contributed by atoms with E-state index in [1.807, 2.05) is 42.5 Å². The molecule has 6 heteroatoms. The van der Waals surface area contributed by atoms with Crippen molar-refractivity contribution in [1.82, 2.24) is 9.29 Å². The Morgan fingerprint density at radius 2 is 1.68 bits per heavy atom. The van der Waals surface area contributed by atoms with Gasteiger partial charge in [0.1, 0.15) is 11.9 Å². The van der Waals surface area contributed by atoms with Gasteiger partial charge < -0.3 is 4.74 Å². The summed E-state index contributed by atoms with van der Waals surface area (Å²) < 4.78 is 34.7. The largest absolute Gasteiger partial charge is 0.489 e. The van der Waals surface area contributed by atoms with Crippen LogP contribution in [0.25, 0.3) is 10.8 Å². The number of piperidine rings is 1. The van der Waals surface area contributed by atoms with Crippen LogP contribution in [0.15, 0.2) is 71.9 Å². The predicted octanol–water partition coefficient (Wildman–Crippen LogP) is 4.00. The van der Waals surface area contributed by atoms with Crippen molar-refractivity contribution >= 4 is 20.8 Å². The number of rotatable bonds is 4. The van der Waals surface area contributed by atoms with E-state index in [0.29, 0.717) is 4.90 Å². The molecule has 144 valence electrons. The van der Waals surface area contributed by atoms with Crippen molar-refractivity contribution in [2.75, 3.05) is 0 Å². The van der Waals surface area contributed by atoms with Crippen molar-refractivity contribution in [2.24, 2.45) is 0 Å². The first-order valence-corrected chi connectivity index (χ1v) is 11.1. The maximum absolute atomic E-state index is 13.4. The summed E-state index contributed by atoms with van der Waals surface area (Å²) in [6.07, 6.45) is 6.69. The van der Waals surface area contributed by atoms with Crippen LogP contribution in [0.3, 0.4) is 0 Å². The number of sulfonamides is 1. The quantitative estimate of drug-likeness (QED) is 0.671. The van der Waals surface area contributed by atoms with E-state index in [-0.39, 0.29) is 18.2 Å². The number of hydrogen-bond donors (Lipinski definition) is 0. The minimum absolute atomic E-state index is 0.00288. The highest BCUT2D eigenvalue weighted by Gasteiger charge is 2.47. The number of ether oxygens (including phenoxy) is 1. The minimum atomic E-state index is -3.52. The zero-order valence-corrected chi connectivity index (χ0v) is 16.3. The Hall–Kier alpha value is -2.44. The predicted molar refractivity (Wildman–Crippen MR) is 108 cm³/mol. The zero-order chi connectivity index (χ0) is 19.1. The number of aromatic nitrogens is 1. The van der Waals surface area contributed by atoms with Crippen LogP contribution in [0.1, 0.15) is 25.7 Å². The molecule has 0 radical (unpaired) electrons. The highest BCUT2D eigenvalue weighted by molar-refractivity contribution is 7.89. The molecular weight excluding hydrogens is 372 g/mol. The summed E-state index contributed by atoms with van der Waals surface area (Å²) >= 11 is 0. The third kappa shape index (κ3) is 3.06. The van der Waals surface area contributed by atoms with E-state index < -0.39 is 10.0 Å². The molecule has 0 N–H and O–H groups in total. The summed E-state index contributed by atoms with van der Waals surface area (Å²) in [6, 6.07) is 17.0. The zero-order valence-electron chi connectivity index (χ0n) is 15.4. The van der Waals surface area contributed by atoms with Gasteiger partial charge in [-0.15, -0.1) is 0 Å². The molecule has 2 bridgehead atoms. The summed E-state index contributed by atoms with van der Waals surface area (Å²) in [6.45, 7) is 0. The van der Waals surface area contributed by atoms with Crippen molar-refractivity contribution in [3.63, 3.8) is 0 Å². The number of pyridine rings is 1. The van der Waals surface area contributed by atoms with E-state index in [2.05, 4.69) is 4.98 Å². The number of hydrogen-bond acceptors (Lipinski definition) is 4. The Balaban J connectivity index is 1.40. The summed E-state index contributed by atoms with van der Waals surface area (Å²) in [7, 11) is -3.52. The molecule has 2 saturated heterocycles. The summed E-state index contributed by atoms with van der Waals surface area (Å²) in [5.74, 6) is 0.748. The molecule has 0 aliphatic carbocycles. The maximum atomic E-state index is 13.4. The molecule has 5 rings (SSSR count). The van der Waals surface area contributed by atoms with Gasteiger partial charge in [-0.2, -0.15) is 4.31 Å². The van der Waals surface area contributed by atoms with Crippen LogP contribution < -0.4 is 4.74 Å². The fourth-order valence-corrected chi connectivity index (χ4v) is 6.56. The van der Waals surface area contributed by atoms with Gasteiger partial charge in [0, 0.05) is 31.1 Å². The monoisotopic (exact) mass is 394 g/mol. The van der Waals surface area contributed by atoms with E-state index in [0.717, 1.165) is 42.2 Å². The molecule has 2 aliphatic heterocycles. The van der Waals surface area contributed by atoms with Gasteiger partial charge in [0.25, 0.3) is 0 Å². The summed E-state index contributed by atoms with van der Waals surface area (Å²) in [5, 5.41) is 2.00. The van der Waals surface area contributed by atoms with E-state index in [1.54, 1.807) is 28.8 Å². The highest BCUT2D eigenvalue weighted by Crippen LogP contribution is 2.41. The molecule has 2 fully saturated rings. The lowest BCUT2D eigenvalue weighted by atomic mass is 10.0. The first-order chi connectivity index (χ1) is 13.6. The van der Waals surface area contributed by atoms with E-state index in [9.17, 15) is 8.42 Å². The van der Waals surface area contributed by atoms with Crippen molar-refractivity contribution < 1.29 is 13.2 Å². The van der Waals surface area contributed by atoms with Gasteiger partial charge in [-0.05, 0) is 47.9 Å². The molecule has 2 aliphatic rings. The number of nitrogens with zero attached hydrogens (tertiary/aromatic N) is 2. The SMILES string of the molecule is O=S(=O)(c1ccc2ccccc2c1)N1C2CCC1CC(Oc1cccnc1)C2. The Kier molecular flexibility index (Phi) is 4.33. The molecule has 0 saturated carbocycles. The molecule has 2 atom stereocenters. The lowest BCUT2D eigenvalue weighted by Gasteiger charge is -2.37. The van der Waals surface area contributed by atoms with E-state index in [1.165, 1.54) is 0 Å². The normalized spacial score (nSPS) is 25.1. The van der Waals surface area contributed by atoms with Crippen LogP contribution in [-0.2, 0) is 10.0 Å². The molecule has 2 unspecified atom stereocenters. The molecule has 28 heavy (non-hydrogen) atoms. The molecule has 0 amide bonds. The van der Waals surface area contributed by atoms with Crippen molar-refractivity contribution in [3.8, 4) is 5.75 Å². The van der Waals surface area contributed by atoms with E-state index in [4.69, 9.17) is 4.74 Å². The maximum Gasteiger partial charge on any atom is 0.243 e. The van der Waals surface area contributed by atoms with Gasteiger partial charge >= 0.3 is 0 Å². The number of fused-ring (bicyclic) bond motifs is 3. The molecule has 3 aromatic rings. The highest BCUT2D eigenvalue weighted by atomic mass is 32.2. The Morgan fingerprint density at radius 3 is 2.39 bits per heavy atom. The standard InChI is InChI=1S/C22H22N2O3S/c25-28(26,22-10-7-16-4-1-2-5-17(16)12-22)24-18-8-9-19(24)14-21(13-18)27-20-6-3-11-23-15-20/h1-7,10-12,15,18-19,21H,8-9,13-14H2. The van der Waals surface area contributed by atoms with Crippen molar-refractivity contribution in [3.05, 3.63) is 67.0 Å². The molecule has 0 spiro atoms. The van der Waals surface area contributed by atoms with Gasteiger partial charge in [0.2, 0.25) is 10.0 Å². The first kappa shape index (κ1) is 17.6. The van der Waals surface area contributed by atoms with Crippen molar-refractivity contribution in [2.45, 2.75) is 48.8 Å². The van der Waals surface area contributed by atoms with Crippen LogP contribution in [0.5, 0.6) is 5.75 Å². The average molecular weight is 394 g/mol. The van der Waals surface area contributed by atoms with Gasteiger partial charge in [0.05, 0.1) is 11.1 Å². The lowest BCUT2D eigenvalue weighted by molar-refractivity contribution is 0.0953.